The van der Waals surface area contributed by atoms with Crippen molar-refractivity contribution in [2.75, 3.05) is 20.8 Å². The molecule has 6 nitrogen and oxygen atoms in total. The second-order valence-electron chi connectivity index (χ2n) is 13.5. The molecule has 0 aromatic carbocycles. The first-order chi connectivity index (χ1) is 19.6. The van der Waals surface area contributed by atoms with Crippen molar-refractivity contribution in [3.05, 3.63) is 35.4 Å². The standard InChI is InChI=1S/C33H63BrO6Si2/c1-13-42(14-2,15-3)40-31-24-33(37-10,26(4)25-35)38-30(27(31)5)23-29(36-9)21-18-20-28(19-16-17-22-34)39-41(11,12)32(6,7)8/h16-19,21-22,26-31,35H,13-15,20,23-25H2,1-12H3/b19-16+,21-18+,22-17+/t26-,27+,28+,29-,30+,31+,33+/m1/s1. The molecule has 42 heavy (non-hydrogen) atoms. The molecule has 1 saturated heterocycles. The van der Waals surface area contributed by atoms with Crippen LogP contribution in [0, 0.1) is 11.8 Å². The van der Waals surface area contributed by atoms with Gasteiger partial charge in [0.25, 0.3) is 0 Å². The Balaban J connectivity index is 3.22. The van der Waals surface area contributed by atoms with E-state index in [1.807, 2.05) is 24.1 Å². The topological polar surface area (TPSA) is 66.4 Å². The molecule has 0 aromatic heterocycles. The summed E-state index contributed by atoms with van der Waals surface area (Å²) < 4.78 is 32.6. The number of ether oxygens (including phenoxy) is 3. The molecule has 1 heterocycles. The highest BCUT2D eigenvalue weighted by Gasteiger charge is 2.51. The molecule has 9 heteroatoms. The van der Waals surface area contributed by atoms with Crippen LogP contribution < -0.4 is 0 Å². The number of allylic oxidation sites excluding steroid dienone is 2. The van der Waals surface area contributed by atoms with Gasteiger partial charge in [-0.15, -0.1) is 0 Å². The van der Waals surface area contributed by atoms with Crippen LogP contribution >= 0.6 is 15.9 Å². The fourth-order valence-electron chi connectivity index (χ4n) is 5.44. The number of hydrogen-bond acceptors (Lipinski definition) is 6. The summed E-state index contributed by atoms with van der Waals surface area (Å²) in [4.78, 5) is 1.84. The SMILES string of the molecule is CC[Si](CC)(CC)O[C@H]1C[C@@](OC)([C@H](C)CO)O[C@@H](C[C@@H](/C=C/C[C@H](/C=C/C=C/Br)O[Si](C)(C)C(C)(C)C)OC)[C@@H]1C. The summed E-state index contributed by atoms with van der Waals surface area (Å²) in [6.45, 7) is 22.4. The number of aliphatic hydroxyl groups excluding tert-OH is 1. The van der Waals surface area contributed by atoms with E-state index in [-0.39, 0.29) is 47.9 Å². The first kappa shape index (κ1) is 39.9. The molecule has 1 aliphatic rings. The van der Waals surface area contributed by atoms with Crippen LogP contribution in [0.5, 0.6) is 0 Å². The van der Waals surface area contributed by atoms with Crippen LogP contribution in [-0.2, 0) is 23.1 Å². The van der Waals surface area contributed by atoms with Crippen LogP contribution in [0.25, 0.3) is 0 Å². The van der Waals surface area contributed by atoms with Crippen molar-refractivity contribution in [3.63, 3.8) is 0 Å². The van der Waals surface area contributed by atoms with Crippen LogP contribution in [0.1, 0.15) is 74.7 Å². The molecule has 0 amide bonds. The molecule has 1 fully saturated rings. The first-order valence-corrected chi connectivity index (χ1v) is 22.3. The molecular weight excluding hydrogens is 628 g/mol. The molecule has 0 bridgehead atoms. The van der Waals surface area contributed by atoms with Gasteiger partial charge >= 0.3 is 0 Å². The van der Waals surface area contributed by atoms with Gasteiger partial charge in [0.1, 0.15) is 0 Å². The van der Waals surface area contributed by atoms with E-state index in [1.165, 1.54) is 0 Å². The van der Waals surface area contributed by atoms with E-state index >= 15 is 0 Å². The normalized spacial score (nSPS) is 26.9. The van der Waals surface area contributed by atoms with Gasteiger partial charge < -0.3 is 28.2 Å². The highest BCUT2D eigenvalue weighted by Crippen LogP contribution is 2.43. The van der Waals surface area contributed by atoms with Crippen LogP contribution in [0.2, 0.25) is 36.3 Å². The fraction of sp³-hybridized carbons (Fsp3) is 0.818. The van der Waals surface area contributed by atoms with Crippen molar-refractivity contribution in [2.45, 2.75) is 141 Å². The Morgan fingerprint density at radius 1 is 1.05 bits per heavy atom. The lowest BCUT2D eigenvalue weighted by molar-refractivity contribution is -0.324. The van der Waals surface area contributed by atoms with Crippen LogP contribution in [0.15, 0.2) is 35.4 Å². The fourth-order valence-corrected chi connectivity index (χ4v) is 9.84. The van der Waals surface area contributed by atoms with E-state index in [2.05, 4.69) is 95.7 Å². The minimum Gasteiger partial charge on any atom is -0.413 e. The average molecular weight is 692 g/mol. The summed E-state index contributed by atoms with van der Waals surface area (Å²) in [5.74, 6) is -0.922. The summed E-state index contributed by atoms with van der Waals surface area (Å²) in [6.07, 6.45) is 12.2. The Bertz CT molecular complexity index is 846. The lowest BCUT2D eigenvalue weighted by atomic mass is 9.82. The molecule has 1 N–H and O–H groups in total. The van der Waals surface area contributed by atoms with Crippen LogP contribution in [0.4, 0.5) is 0 Å². The predicted octanol–water partition coefficient (Wildman–Crippen LogP) is 8.98. The average Bonchev–Trinajstić information content (AvgIpc) is 2.95. The molecule has 246 valence electrons. The van der Waals surface area contributed by atoms with E-state index in [0.717, 1.165) is 24.6 Å². The molecule has 0 aliphatic carbocycles. The zero-order chi connectivity index (χ0) is 32.2. The van der Waals surface area contributed by atoms with Crippen molar-refractivity contribution < 1.29 is 28.2 Å². The maximum absolute atomic E-state index is 10.1. The van der Waals surface area contributed by atoms with Crippen LogP contribution in [-0.4, -0.2) is 72.8 Å². The minimum atomic E-state index is -1.95. The Morgan fingerprint density at radius 3 is 2.14 bits per heavy atom. The lowest BCUT2D eigenvalue weighted by Gasteiger charge is -2.51. The summed E-state index contributed by atoms with van der Waals surface area (Å²) >= 11 is 3.35. The Labute approximate surface area is 269 Å². The molecule has 0 unspecified atom stereocenters. The molecule has 1 rings (SSSR count). The van der Waals surface area contributed by atoms with E-state index in [0.29, 0.717) is 12.8 Å². The Morgan fingerprint density at radius 2 is 1.67 bits per heavy atom. The molecule has 0 spiro atoms. The summed E-state index contributed by atoms with van der Waals surface area (Å²) in [7, 11) is -0.373. The summed E-state index contributed by atoms with van der Waals surface area (Å²) in [5.41, 5.74) is 0. The highest BCUT2D eigenvalue weighted by atomic mass is 79.9. The van der Waals surface area contributed by atoms with Gasteiger partial charge in [-0.1, -0.05) is 102 Å². The Hall–Kier alpha value is -0.106. The monoisotopic (exact) mass is 690 g/mol. The third-order valence-corrected chi connectivity index (χ3v) is 19.4. The second-order valence-corrected chi connectivity index (χ2v) is 23.5. The minimum absolute atomic E-state index is 0.000644. The number of halogens is 1. The highest BCUT2D eigenvalue weighted by molar-refractivity contribution is 9.11. The van der Waals surface area contributed by atoms with Crippen molar-refractivity contribution in [1.82, 2.24) is 0 Å². The predicted molar refractivity (Wildman–Crippen MR) is 185 cm³/mol. The zero-order valence-corrected chi connectivity index (χ0v) is 32.3. The second kappa shape index (κ2) is 18.1. The van der Waals surface area contributed by atoms with Gasteiger partial charge in [-0.3, -0.25) is 0 Å². The van der Waals surface area contributed by atoms with Crippen molar-refractivity contribution in [1.29, 1.82) is 0 Å². The smallest absolute Gasteiger partial charge is 0.192 e. The maximum atomic E-state index is 10.1. The lowest BCUT2D eigenvalue weighted by Crippen LogP contribution is -2.59. The molecule has 1 aliphatic heterocycles. The van der Waals surface area contributed by atoms with E-state index in [1.54, 1.807) is 14.2 Å². The molecule has 0 saturated carbocycles. The number of rotatable bonds is 18. The molecule has 7 atom stereocenters. The van der Waals surface area contributed by atoms with Crippen molar-refractivity contribution in [2.24, 2.45) is 11.8 Å². The van der Waals surface area contributed by atoms with Gasteiger partial charge in [-0.05, 0) is 47.7 Å². The molecular formula is C33H63BrO6Si2. The van der Waals surface area contributed by atoms with Gasteiger partial charge in [0.15, 0.2) is 22.4 Å². The van der Waals surface area contributed by atoms with Crippen LogP contribution in [0.3, 0.4) is 0 Å². The maximum Gasteiger partial charge on any atom is 0.192 e. The zero-order valence-electron chi connectivity index (χ0n) is 28.7. The van der Waals surface area contributed by atoms with Crippen molar-refractivity contribution in [3.8, 4) is 0 Å². The summed E-state index contributed by atoms with van der Waals surface area (Å²) in [5, 5.41) is 10.3. The number of hydrogen-bond donors (Lipinski definition) is 1. The number of methoxy groups -OCH3 is 2. The van der Waals surface area contributed by atoms with E-state index < -0.39 is 22.4 Å². The first-order valence-electron chi connectivity index (χ1n) is 16.0. The third kappa shape index (κ3) is 11.1. The Kier molecular flexibility index (Phi) is 17.2. The quantitative estimate of drug-likeness (QED) is 0.0880. The third-order valence-electron chi connectivity index (χ3n) is 9.96. The van der Waals surface area contributed by atoms with Gasteiger partial charge in [-0.25, -0.2) is 0 Å². The van der Waals surface area contributed by atoms with Gasteiger partial charge in [-0.2, -0.15) is 0 Å². The van der Waals surface area contributed by atoms with Gasteiger partial charge in [0, 0.05) is 38.9 Å². The van der Waals surface area contributed by atoms with E-state index in [9.17, 15) is 5.11 Å². The van der Waals surface area contributed by atoms with Crippen molar-refractivity contribution >= 4 is 32.6 Å². The molecule has 0 aromatic rings. The van der Waals surface area contributed by atoms with E-state index in [4.69, 9.17) is 23.1 Å². The van der Waals surface area contributed by atoms with Gasteiger partial charge in [0.05, 0.1) is 31.0 Å². The van der Waals surface area contributed by atoms with Gasteiger partial charge in [0.2, 0.25) is 0 Å². The number of aliphatic hydroxyl groups is 1. The molecule has 0 radical (unpaired) electrons. The largest absolute Gasteiger partial charge is 0.413 e. The summed E-state index contributed by atoms with van der Waals surface area (Å²) in [6, 6.07) is 3.27.